The van der Waals surface area contributed by atoms with E-state index in [0.717, 1.165) is 17.7 Å². The summed E-state index contributed by atoms with van der Waals surface area (Å²) in [6.07, 6.45) is -4.33. The lowest BCUT2D eigenvalue weighted by Crippen LogP contribution is -2.60. The summed E-state index contributed by atoms with van der Waals surface area (Å²) < 4.78 is 58.6. The van der Waals surface area contributed by atoms with Gasteiger partial charge in [0.25, 0.3) is 0 Å². The number of nitrogens with zero attached hydrogens (tertiary/aromatic N) is 1. The number of benzene rings is 2. The van der Waals surface area contributed by atoms with Gasteiger partial charge in [-0.05, 0) is 36.1 Å². The highest BCUT2D eigenvalue weighted by Gasteiger charge is 2.47. The summed E-state index contributed by atoms with van der Waals surface area (Å²) in [4.78, 5) is 2.25. The van der Waals surface area contributed by atoms with Gasteiger partial charge in [0.2, 0.25) is 0 Å². The number of hydrogen-bond donors (Lipinski definition) is 1. The van der Waals surface area contributed by atoms with E-state index in [1.165, 1.54) is 6.07 Å². The first-order valence-electron chi connectivity index (χ1n) is 9.23. The molecule has 2 aromatic carbocycles. The second-order valence-corrected chi connectivity index (χ2v) is 7.64. The molecule has 2 heterocycles. The van der Waals surface area contributed by atoms with Gasteiger partial charge in [-0.1, -0.05) is 36.4 Å². The third kappa shape index (κ3) is 3.66. The smallest absolute Gasteiger partial charge is 0.385 e. The molecule has 2 atom stereocenters. The van der Waals surface area contributed by atoms with Crippen LogP contribution in [0.1, 0.15) is 29.5 Å². The lowest BCUT2D eigenvalue weighted by Gasteiger charge is -2.52. The topological polar surface area (TPSA) is 32.7 Å². The number of alkyl halides is 3. The monoisotopic (exact) mass is 395 g/mol. The number of morpholine rings is 1. The summed E-state index contributed by atoms with van der Waals surface area (Å²) in [5, 5.41) is 11.2. The van der Waals surface area contributed by atoms with E-state index in [1.807, 2.05) is 30.3 Å². The quantitative estimate of drug-likeness (QED) is 0.795. The molecule has 150 valence electrons. The number of fused-ring (bicyclic) bond motifs is 2. The minimum absolute atomic E-state index is 0.109. The van der Waals surface area contributed by atoms with Crippen molar-refractivity contribution in [3.63, 3.8) is 0 Å². The Kier molecular flexibility index (Phi) is 4.93. The molecular formula is C21H21F4NO2. The van der Waals surface area contributed by atoms with Gasteiger partial charge >= 0.3 is 6.18 Å². The van der Waals surface area contributed by atoms with Gasteiger partial charge in [0.1, 0.15) is 5.82 Å². The molecule has 0 aliphatic carbocycles. The van der Waals surface area contributed by atoms with E-state index in [0.29, 0.717) is 19.8 Å². The fourth-order valence-corrected chi connectivity index (χ4v) is 4.37. The van der Waals surface area contributed by atoms with Crippen LogP contribution >= 0.6 is 0 Å². The lowest BCUT2D eigenvalue weighted by atomic mass is 9.76. The standard InChI is InChI=1S/C21H21F4NO2/c22-19-7-6-15(8-18(19)21(23,24)25)20(27)9-16-12-28-13-17(10-20)26(16)11-14-4-2-1-3-5-14/h1-8,16-17,27H,9-13H2. The molecule has 2 aliphatic rings. The van der Waals surface area contributed by atoms with Gasteiger partial charge in [-0.15, -0.1) is 0 Å². The second kappa shape index (κ2) is 7.13. The molecule has 0 radical (unpaired) electrons. The van der Waals surface area contributed by atoms with Crippen LogP contribution in [0.4, 0.5) is 17.6 Å². The largest absolute Gasteiger partial charge is 0.419 e. The van der Waals surface area contributed by atoms with Crippen LogP contribution in [0.2, 0.25) is 0 Å². The molecule has 3 nitrogen and oxygen atoms in total. The Morgan fingerprint density at radius 3 is 2.29 bits per heavy atom. The fraction of sp³-hybridized carbons (Fsp3) is 0.429. The minimum atomic E-state index is -4.80. The molecule has 2 fully saturated rings. The van der Waals surface area contributed by atoms with Crippen LogP contribution in [0.15, 0.2) is 48.5 Å². The highest BCUT2D eigenvalue weighted by Crippen LogP contribution is 2.43. The first-order valence-corrected chi connectivity index (χ1v) is 9.23. The first-order chi connectivity index (χ1) is 13.3. The third-order valence-electron chi connectivity index (χ3n) is 5.72. The normalized spacial score (nSPS) is 28.3. The molecule has 0 spiro atoms. The zero-order chi connectivity index (χ0) is 19.9. The van der Waals surface area contributed by atoms with Gasteiger partial charge in [-0.25, -0.2) is 4.39 Å². The van der Waals surface area contributed by atoms with E-state index in [2.05, 4.69) is 4.90 Å². The maximum absolute atomic E-state index is 13.7. The minimum Gasteiger partial charge on any atom is -0.385 e. The second-order valence-electron chi connectivity index (χ2n) is 7.64. The predicted octanol–water partition coefficient (Wildman–Crippen LogP) is 4.10. The summed E-state index contributed by atoms with van der Waals surface area (Å²) in [5.74, 6) is -1.33. The van der Waals surface area contributed by atoms with Crippen LogP contribution in [0.3, 0.4) is 0 Å². The van der Waals surface area contributed by atoms with Crippen molar-refractivity contribution in [3.05, 3.63) is 71.0 Å². The zero-order valence-corrected chi connectivity index (χ0v) is 15.1. The number of piperidine rings is 1. The molecule has 2 saturated heterocycles. The highest BCUT2D eigenvalue weighted by atomic mass is 19.4. The van der Waals surface area contributed by atoms with Crippen molar-refractivity contribution in [2.45, 2.75) is 43.2 Å². The Morgan fingerprint density at radius 1 is 1.04 bits per heavy atom. The van der Waals surface area contributed by atoms with Gasteiger partial charge in [-0.2, -0.15) is 13.2 Å². The molecule has 0 aromatic heterocycles. The van der Waals surface area contributed by atoms with Crippen molar-refractivity contribution in [1.82, 2.24) is 4.90 Å². The molecular weight excluding hydrogens is 374 g/mol. The van der Waals surface area contributed by atoms with Gasteiger partial charge < -0.3 is 9.84 Å². The Hall–Kier alpha value is -1.96. The zero-order valence-electron chi connectivity index (χ0n) is 15.1. The molecule has 2 unspecified atom stereocenters. The van der Waals surface area contributed by atoms with Crippen molar-refractivity contribution in [2.75, 3.05) is 13.2 Å². The Bertz CT molecular complexity index is 826. The number of halogens is 4. The molecule has 2 bridgehead atoms. The molecule has 2 aromatic rings. The van der Waals surface area contributed by atoms with Crippen molar-refractivity contribution < 1.29 is 27.4 Å². The highest BCUT2D eigenvalue weighted by molar-refractivity contribution is 5.32. The molecule has 1 N–H and O–H groups in total. The molecule has 4 rings (SSSR count). The maximum Gasteiger partial charge on any atom is 0.419 e. The summed E-state index contributed by atoms with van der Waals surface area (Å²) in [5.41, 5.74) is -1.55. The van der Waals surface area contributed by atoms with E-state index >= 15 is 0 Å². The van der Waals surface area contributed by atoms with Crippen molar-refractivity contribution in [2.24, 2.45) is 0 Å². The van der Waals surface area contributed by atoms with Crippen LogP contribution < -0.4 is 0 Å². The first kappa shape index (κ1) is 19.4. The number of rotatable bonds is 3. The van der Waals surface area contributed by atoms with Gasteiger partial charge in [-0.3, -0.25) is 4.90 Å². The Labute approximate surface area is 160 Å². The van der Waals surface area contributed by atoms with Crippen LogP contribution in [0.5, 0.6) is 0 Å². The maximum atomic E-state index is 13.7. The van der Waals surface area contributed by atoms with E-state index < -0.39 is 23.2 Å². The number of aliphatic hydroxyl groups is 1. The number of hydrogen-bond acceptors (Lipinski definition) is 3. The van der Waals surface area contributed by atoms with E-state index in [-0.39, 0.29) is 30.5 Å². The van der Waals surface area contributed by atoms with Crippen molar-refractivity contribution in [1.29, 1.82) is 0 Å². The van der Waals surface area contributed by atoms with E-state index in [1.54, 1.807) is 0 Å². The van der Waals surface area contributed by atoms with Gasteiger partial charge in [0.15, 0.2) is 0 Å². The fourth-order valence-electron chi connectivity index (χ4n) is 4.37. The van der Waals surface area contributed by atoms with Gasteiger partial charge in [0.05, 0.1) is 24.4 Å². The SMILES string of the molecule is OC1(c2ccc(F)c(C(F)(F)F)c2)CC2COCC(C1)N2Cc1ccccc1. The van der Waals surface area contributed by atoms with Crippen LogP contribution in [0, 0.1) is 5.82 Å². The van der Waals surface area contributed by atoms with Crippen LogP contribution in [-0.2, 0) is 23.1 Å². The average molecular weight is 395 g/mol. The summed E-state index contributed by atoms with van der Waals surface area (Å²) >= 11 is 0. The Balaban J connectivity index is 1.61. The van der Waals surface area contributed by atoms with E-state index in [9.17, 15) is 22.7 Å². The number of ether oxygens (including phenoxy) is 1. The Morgan fingerprint density at radius 2 is 1.68 bits per heavy atom. The van der Waals surface area contributed by atoms with Crippen molar-refractivity contribution in [3.8, 4) is 0 Å². The molecule has 7 heteroatoms. The summed E-state index contributed by atoms with van der Waals surface area (Å²) in [6.45, 7) is 1.49. The molecule has 0 saturated carbocycles. The third-order valence-corrected chi connectivity index (χ3v) is 5.72. The summed E-state index contributed by atoms with van der Waals surface area (Å²) in [6, 6.07) is 12.4. The average Bonchev–Trinajstić information content (AvgIpc) is 2.63. The summed E-state index contributed by atoms with van der Waals surface area (Å²) in [7, 11) is 0. The van der Waals surface area contributed by atoms with Crippen LogP contribution in [0.25, 0.3) is 0 Å². The van der Waals surface area contributed by atoms with Crippen molar-refractivity contribution >= 4 is 0 Å². The lowest BCUT2D eigenvalue weighted by molar-refractivity contribution is -0.150. The molecule has 0 amide bonds. The van der Waals surface area contributed by atoms with Crippen LogP contribution in [-0.4, -0.2) is 35.3 Å². The molecule has 28 heavy (non-hydrogen) atoms. The molecule has 2 aliphatic heterocycles. The van der Waals surface area contributed by atoms with Gasteiger partial charge in [0, 0.05) is 18.6 Å². The predicted molar refractivity (Wildman–Crippen MR) is 94.9 cm³/mol. The van der Waals surface area contributed by atoms with E-state index in [4.69, 9.17) is 4.74 Å².